The first-order chi connectivity index (χ1) is 15.2. The molecule has 168 valence electrons. The van der Waals surface area contributed by atoms with Crippen LogP contribution in [0.15, 0.2) is 71.6 Å². The number of benzene rings is 3. The molecular formula is C22H19Cl3N2O4S. The van der Waals surface area contributed by atoms with Crippen LogP contribution in [0.4, 0.5) is 5.69 Å². The third-order valence-electron chi connectivity index (χ3n) is 4.50. The molecule has 0 saturated carbocycles. The lowest BCUT2D eigenvalue weighted by Gasteiger charge is -2.20. The van der Waals surface area contributed by atoms with Gasteiger partial charge < -0.3 is 10.1 Å². The molecule has 0 heterocycles. The second kappa shape index (κ2) is 10.6. The summed E-state index contributed by atoms with van der Waals surface area (Å²) in [5.41, 5.74) is 1.06. The molecule has 0 saturated heterocycles. The monoisotopic (exact) mass is 512 g/mol. The average Bonchev–Trinajstić information content (AvgIpc) is 2.75. The van der Waals surface area contributed by atoms with Crippen molar-refractivity contribution in [2.24, 2.45) is 0 Å². The Morgan fingerprint density at radius 3 is 2.28 bits per heavy atom. The Morgan fingerprint density at radius 1 is 0.969 bits per heavy atom. The Morgan fingerprint density at radius 2 is 1.62 bits per heavy atom. The number of carbonyl (C=O) groups excluding carboxylic acids is 1. The number of nitrogens with one attached hydrogen (secondary N) is 2. The van der Waals surface area contributed by atoms with E-state index >= 15 is 0 Å². The lowest BCUT2D eigenvalue weighted by Crippen LogP contribution is -2.45. The van der Waals surface area contributed by atoms with E-state index in [2.05, 4.69) is 10.0 Å². The van der Waals surface area contributed by atoms with Gasteiger partial charge in [-0.05, 0) is 48.4 Å². The van der Waals surface area contributed by atoms with Crippen molar-refractivity contribution in [2.75, 3.05) is 12.4 Å². The van der Waals surface area contributed by atoms with Crippen LogP contribution in [0.3, 0.4) is 0 Å². The summed E-state index contributed by atoms with van der Waals surface area (Å²) in [4.78, 5) is 12.9. The van der Waals surface area contributed by atoms with E-state index in [4.69, 9.17) is 39.5 Å². The van der Waals surface area contributed by atoms with E-state index in [1.54, 1.807) is 30.3 Å². The second-order valence-corrected chi connectivity index (χ2v) is 9.73. The van der Waals surface area contributed by atoms with Crippen LogP contribution >= 0.6 is 34.8 Å². The second-order valence-electron chi connectivity index (χ2n) is 6.77. The smallest absolute Gasteiger partial charge is 0.245 e. The van der Waals surface area contributed by atoms with Crippen molar-refractivity contribution in [1.29, 1.82) is 0 Å². The molecule has 2 N–H and O–H groups in total. The number of methoxy groups -OCH3 is 1. The summed E-state index contributed by atoms with van der Waals surface area (Å²) in [6.45, 7) is 0. The summed E-state index contributed by atoms with van der Waals surface area (Å²) in [7, 11) is -2.83. The summed E-state index contributed by atoms with van der Waals surface area (Å²) < 4.78 is 33.9. The lowest BCUT2D eigenvalue weighted by molar-refractivity contribution is -0.117. The van der Waals surface area contributed by atoms with E-state index in [1.165, 1.54) is 37.4 Å². The number of halogens is 3. The van der Waals surface area contributed by atoms with Gasteiger partial charge in [0.2, 0.25) is 15.9 Å². The maximum atomic E-state index is 13.2. The molecule has 0 bridgehead atoms. The average molecular weight is 514 g/mol. The fourth-order valence-corrected chi connectivity index (χ4v) is 5.04. The number of hydrogen-bond donors (Lipinski definition) is 2. The molecule has 1 unspecified atom stereocenters. The highest BCUT2D eigenvalue weighted by Gasteiger charge is 2.29. The zero-order valence-corrected chi connectivity index (χ0v) is 19.9. The molecular weight excluding hydrogens is 495 g/mol. The third-order valence-corrected chi connectivity index (χ3v) is 6.78. The zero-order chi connectivity index (χ0) is 23.3. The molecule has 0 aromatic heterocycles. The summed E-state index contributed by atoms with van der Waals surface area (Å²) >= 11 is 18.1. The van der Waals surface area contributed by atoms with Crippen molar-refractivity contribution < 1.29 is 17.9 Å². The minimum absolute atomic E-state index is 0.0972. The molecule has 1 atom stereocenters. The summed E-state index contributed by atoms with van der Waals surface area (Å²) in [6.07, 6.45) is 0.0972. The van der Waals surface area contributed by atoms with Crippen LogP contribution in [0.25, 0.3) is 0 Å². The number of ether oxygens (including phenoxy) is 1. The van der Waals surface area contributed by atoms with Gasteiger partial charge in [0.1, 0.15) is 16.7 Å². The molecule has 6 nitrogen and oxygen atoms in total. The highest BCUT2D eigenvalue weighted by molar-refractivity contribution is 7.89. The number of carbonyl (C=O) groups is 1. The van der Waals surface area contributed by atoms with Crippen LogP contribution in [0.2, 0.25) is 15.1 Å². The number of amides is 1. The Labute approximate surface area is 201 Å². The fourth-order valence-electron chi connectivity index (χ4n) is 2.96. The molecule has 0 aliphatic rings. The van der Waals surface area contributed by atoms with Crippen LogP contribution in [-0.2, 0) is 21.2 Å². The van der Waals surface area contributed by atoms with Crippen molar-refractivity contribution >= 4 is 56.4 Å². The van der Waals surface area contributed by atoms with Crippen molar-refractivity contribution in [3.63, 3.8) is 0 Å². The van der Waals surface area contributed by atoms with Gasteiger partial charge in [0.15, 0.2) is 0 Å². The quantitative estimate of drug-likeness (QED) is 0.434. The first kappa shape index (κ1) is 24.4. The Hall–Kier alpha value is -2.29. The van der Waals surface area contributed by atoms with E-state index in [0.29, 0.717) is 10.7 Å². The van der Waals surface area contributed by atoms with Gasteiger partial charge >= 0.3 is 0 Å². The van der Waals surface area contributed by atoms with Crippen molar-refractivity contribution in [3.8, 4) is 5.75 Å². The van der Waals surface area contributed by atoms with E-state index in [9.17, 15) is 13.2 Å². The normalized spacial score (nSPS) is 12.2. The molecule has 3 rings (SSSR count). The molecule has 32 heavy (non-hydrogen) atoms. The van der Waals surface area contributed by atoms with E-state index in [-0.39, 0.29) is 27.1 Å². The first-order valence-electron chi connectivity index (χ1n) is 9.35. The molecule has 0 fully saturated rings. The predicted molar refractivity (Wildman–Crippen MR) is 127 cm³/mol. The van der Waals surface area contributed by atoms with Crippen molar-refractivity contribution in [2.45, 2.75) is 17.4 Å². The van der Waals surface area contributed by atoms with Gasteiger partial charge in [-0.1, -0.05) is 65.1 Å². The molecule has 0 aliphatic carbocycles. The topological polar surface area (TPSA) is 84.5 Å². The first-order valence-corrected chi connectivity index (χ1v) is 12.0. The molecule has 0 spiro atoms. The highest BCUT2D eigenvalue weighted by atomic mass is 35.5. The minimum Gasteiger partial charge on any atom is -0.495 e. The summed E-state index contributed by atoms with van der Waals surface area (Å²) in [6, 6.07) is 16.7. The number of sulfonamides is 1. The molecule has 0 aliphatic heterocycles. The Kier molecular flexibility index (Phi) is 8.03. The zero-order valence-electron chi connectivity index (χ0n) is 16.8. The maximum Gasteiger partial charge on any atom is 0.245 e. The van der Waals surface area contributed by atoms with Gasteiger partial charge in [-0.15, -0.1) is 0 Å². The Balaban J connectivity index is 1.93. The van der Waals surface area contributed by atoms with Crippen molar-refractivity contribution in [3.05, 3.63) is 87.4 Å². The molecule has 1 amide bonds. The molecule has 0 radical (unpaired) electrons. The maximum absolute atomic E-state index is 13.2. The largest absolute Gasteiger partial charge is 0.495 e. The molecule has 3 aromatic rings. The Bertz CT molecular complexity index is 1220. The van der Waals surface area contributed by atoms with Crippen molar-refractivity contribution in [1.82, 2.24) is 4.72 Å². The number of hydrogen-bond acceptors (Lipinski definition) is 4. The van der Waals surface area contributed by atoms with Gasteiger partial charge in [-0.25, -0.2) is 8.42 Å². The van der Waals surface area contributed by atoms with Gasteiger partial charge in [-0.2, -0.15) is 4.72 Å². The van der Waals surface area contributed by atoms with Crippen LogP contribution in [0, 0.1) is 0 Å². The van der Waals surface area contributed by atoms with E-state index in [0.717, 1.165) is 5.56 Å². The number of rotatable bonds is 8. The van der Waals surface area contributed by atoms with Gasteiger partial charge in [0, 0.05) is 10.0 Å². The standard InChI is InChI=1S/C22H19Cl3N2O4S/c1-31-20-10-8-16(24)13-21(20)32(29,30)27-19(11-14-5-3-2-4-6-14)22(28)26-18-9-7-15(23)12-17(18)25/h2-10,12-13,19,27H,11H2,1H3,(H,26,28). The van der Waals surface area contributed by atoms with Crippen LogP contribution < -0.4 is 14.8 Å². The van der Waals surface area contributed by atoms with Crippen LogP contribution in [-0.4, -0.2) is 27.5 Å². The predicted octanol–water partition coefficient (Wildman–Crippen LogP) is 5.18. The molecule has 10 heteroatoms. The van der Waals surface area contributed by atoms with Crippen LogP contribution in [0.5, 0.6) is 5.75 Å². The number of anilines is 1. The van der Waals surface area contributed by atoms with Gasteiger partial charge in [0.05, 0.1) is 17.8 Å². The third kappa shape index (κ3) is 6.15. The van der Waals surface area contributed by atoms with Crippen LogP contribution in [0.1, 0.15) is 5.56 Å². The SMILES string of the molecule is COc1ccc(Cl)cc1S(=O)(=O)NC(Cc1ccccc1)C(=O)Nc1ccc(Cl)cc1Cl. The summed E-state index contributed by atoms with van der Waals surface area (Å²) in [5, 5.41) is 3.50. The highest BCUT2D eigenvalue weighted by Crippen LogP contribution is 2.28. The molecule has 3 aromatic carbocycles. The fraction of sp³-hybridized carbons (Fsp3) is 0.136. The van der Waals surface area contributed by atoms with E-state index < -0.39 is 22.0 Å². The van der Waals surface area contributed by atoms with Gasteiger partial charge in [0.25, 0.3) is 0 Å². The summed E-state index contributed by atoms with van der Waals surface area (Å²) in [5.74, 6) is -0.496. The lowest BCUT2D eigenvalue weighted by atomic mass is 10.1. The minimum atomic E-state index is -4.17. The van der Waals surface area contributed by atoms with E-state index in [1.807, 2.05) is 6.07 Å². The van der Waals surface area contributed by atoms with Gasteiger partial charge in [-0.3, -0.25) is 4.79 Å².